The third kappa shape index (κ3) is 4.73. The van der Waals surface area contributed by atoms with Crippen molar-refractivity contribution in [2.75, 3.05) is 26.8 Å². The van der Waals surface area contributed by atoms with Crippen molar-refractivity contribution in [1.82, 2.24) is 10.6 Å². The average molecular weight is 242 g/mol. The Labute approximate surface area is 102 Å². The van der Waals surface area contributed by atoms with Crippen molar-refractivity contribution in [3.8, 4) is 0 Å². The molecule has 0 heterocycles. The van der Waals surface area contributed by atoms with Gasteiger partial charge in [0.25, 0.3) is 0 Å². The van der Waals surface area contributed by atoms with Crippen LogP contribution in [0.15, 0.2) is 0 Å². The smallest absolute Gasteiger partial charge is 0.223 e. The van der Waals surface area contributed by atoms with Gasteiger partial charge >= 0.3 is 0 Å². The Hall–Kier alpha value is -1.10. The number of nitrogens with one attached hydrogen (secondary N) is 2. The molecule has 98 valence electrons. The van der Waals surface area contributed by atoms with Gasteiger partial charge in [-0.05, 0) is 19.3 Å². The maximum absolute atomic E-state index is 11.6. The van der Waals surface area contributed by atoms with E-state index in [0.29, 0.717) is 26.1 Å². The van der Waals surface area contributed by atoms with Crippen molar-refractivity contribution in [2.24, 2.45) is 11.8 Å². The van der Waals surface area contributed by atoms with Gasteiger partial charge < -0.3 is 15.4 Å². The van der Waals surface area contributed by atoms with Crippen molar-refractivity contribution >= 4 is 11.8 Å². The molecule has 17 heavy (non-hydrogen) atoms. The Morgan fingerprint density at radius 1 is 1.18 bits per heavy atom. The SMILES string of the molecule is CCCNC(=O)C1CC1C(=O)NCCCOC. The summed E-state index contributed by atoms with van der Waals surface area (Å²) in [7, 11) is 1.64. The van der Waals surface area contributed by atoms with Gasteiger partial charge in [0.1, 0.15) is 0 Å². The minimum atomic E-state index is -0.116. The Kier molecular flexibility index (Phi) is 5.97. The molecule has 1 saturated carbocycles. The van der Waals surface area contributed by atoms with Crippen LogP contribution in [-0.2, 0) is 14.3 Å². The second-order valence-corrected chi connectivity index (χ2v) is 4.38. The van der Waals surface area contributed by atoms with E-state index in [1.807, 2.05) is 6.92 Å². The van der Waals surface area contributed by atoms with Crippen LogP contribution in [0, 0.1) is 11.8 Å². The minimum absolute atomic E-state index is 0.00208. The summed E-state index contributed by atoms with van der Waals surface area (Å²) in [6.07, 6.45) is 2.42. The molecule has 2 amide bonds. The first-order chi connectivity index (χ1) is 8.20. The van der Waals surface area contributed by atoms with E-state index in [0.717, 1.165) is 12.8 Å². The van der Waals surface area contributed by atoms with Crippen LogP contribution in [0.3, 0.4) is 0 Å². The Bertz CT molecular complexity index is 268. The summed E-state index contributed by atoms with van der Waals surface area (Å²) in [6, 6.07) is 0. The zero-order valence-electron chi connectivity index (χ0n) is 10.6. The lowest BCUT2D eigenvalue weighted by Gasteiger charge is -2.05. The monoisotopic (exact) mass is 242 g/mol. The van der Waals surface area contributed by atoms with E-state index in [4.69, 9.17) is 4.74 Å². The van der Waals surface area contributed by atoms with Crippen LogP contribution in [0.2, 0.25) is 0 Å². The molecule has 1 fully saturated rings. The van der Waals surface area contributed by atoms with Gasteiger partial charge in [-0.2, -0.15) is 0 Å². The third-order valence-corrected chi connectivity index (χ3v) is 2.84. The number of amides is 2. The summed E-state index contributed by atoms with van der Waals surface area (Å²) < 4.78 is 4.89. The van der Waals surface area contributed by atoms with Crippen molar-refractivity contribution < 1.29 is 14.3 Å². The molecular weight excluding hydrogens is 220 g/mol. The fourth-order valence-electron chi connectivity index (χ4n) is 1.71. The molecule has 1 rings (SSSR count). The van der Waals surface area contributed by atoms with Gasteiger partial charge in [0.15, 0.2) is 0 Å². The van der Waals surface area contributed by atoms with Gasteiger partial charge in [0.05, 0.1) is 11.8 Å². The van der Waals surface area contributed by atoms with Crippen molar-refractivity contribution in [3.63, 3.8) is 0 Å². The second kappa shape index (κ2) is 7.27. The molecule has 1 aliphatic rings. The number of carbonyl (C=O) groups excluding carboxylic acids is 2. The van der Waals surface area contributed by atoms with Crippen LogP contribution in [-0.4, -0.2) is 38.6 Å². The molecule has 1 aliphatic carbocycles. The predicted molar refractivity (Wildman–Crippen MR) is 64.4 cm³/mol. The molecule has 0 radical (unpaired) electrons. The van der Waals surface area contributed by atoms with Gasteiger partial charge in [-0.25, -0.2) is 0 Å². The van der Waals surface area contributed by atoms with Crippen LogP contribution in [0.4, 0.5) is 0 Å². The lowest BCUT2D eigenvalue weighted by Crippen LogP contribution is -2.31. The van der Waals surface area contributed by atoms with Crippen LogP contribution in [0.25, 0.3) is 0 Å². The Morgan fingerprint density at radius 3 is 2.29 bits per heavy atom. The van der Waals surface area contributed by atoms with Crippen LogP contribution < -0.4 is 10.6 Å². The van der Waals surface area contributed by atoms with E-state index in [9.17, 15) is 9.59 Å². The van der Waals surface area contributed by atoms with E-state index in [1.54, 1.807) is 7.11 Å². The molecule has 0 aliphatic heterocycles. The third-order valence-electron chi connectivity index (χ3n) is 2.84. The largest absolute Gasteiger partial charge is 0.385 e. The van der Waals surface area contributed by atoms with Gasteiger partial charge in [-0.15, -0.1) is 0 Å². The summed E-state index contributed by atoms with van der Waals surface area (Å²) in [5, 5.41) is 5.64. The molecule has 5 heteroatoms. The molecular formula is C12H22N2O3. The van der Waals surface area contributed by atoms with E-state index in [2.05, 4.69) is 10.6 Å². The molecule has 2 N–H and O–H groups in total. The summed E-state index contributed by atoms with van der Waals surface area (Å²) in [6.45, 7) is 3.96. The zero-order chi connectivity index (χ0) is 12.7. The zero-order valence-corrected chi connectivity index (χ0v) is 10.6. The molecule has 2 atom stereocenters. The summed E-state index contributed by atoms with van der Waals surface area (Å²) in [5.41, 5.74) is 0. The Balaban J connectivity index is 2.12. The number of methoxy groups -OCH3 is 1. The highest BCUT2D eigenvalue weighted by Gasteiger charge is 2.47. The van der Waals surface area contributed by atoms with Crippen molar-refractivity contribution in [1.29, 1.82) is 0 Å². The van der Waals surface area contributed by atoms with E-state index in [-0.39, 0.29) is 23.7 Å². The Morgan fingerprint density at radius 2 is 1.76 bits per heavy atom. The molecule has 2 unspecified atom stereocenters. The van der Waals surface area contributed by atoms with Gasteiger partial charge in [-0.3, -0.25) is 9.59 Å². The van der Waals surface area contributed by atoms with Crippen LogP contribution in [0.1, 0.15) is 26.2 Å². The van der Waals surface area contributed by atoms with E-state index < -0.39 is 0 Å². The molecule has 0 aromatic rings. The molecule has 5 nitrogen and oxygen atoms in total. The van der Waals surface area contributed by atoms with Gasteiger partial charge in [0, 0.05) is 26.8 Å². The van der Waals surface area contributed by atoms with Gasteiger partial charge in [-0.1, -0.05) is 6.92 Å². The summed E-state index contributed by atoms with van der Waals surface area (Å²) in [4.78, 5) is 23.2. The minimum Gasteiger partial charge on any atom is -0.385 e. The normalized spacial score (nSPS) is 22.0. The highest BCUT2D eigenvalue weighted by atomic mass is 16.5. The summed E-state index contributed by atoms with van der Waals surface area (Å²) in [5.74, 6) is -0.208. The van der Waals surface area contributed by atoms with Crippen LogP contribution >= 0.6 is 0 Å². The average Bonchev–Trinajstić information content (AvgIpc) is 3.11. The molecule has 0 aromatic heterocycles. The van der Waals surface area contributed by atoms with Gasteiger partial charge in [0.2, 0.25) is 11.8 Å². The molecule has 0 saturated heterocycles. The second-order valence-electron chi connectivity index (χ2n) is 4.38. The number of ether oxygens (including phenoxy) is 1. The fraction of sp³-hybridized carbons (Fsp3) is 0.833. The van der Waals surface area contributed by atoms with Crippen LogP contribution in [0.5, 0.6) is 0 Å². The lowest BCUT2D eigenvalue weighted by molar-refractivity contribution is -0.127. The number of hydrogen-bond acceptors (Lipinski definition) is 3. The first-order valence-electron chi connectivity index (χ1n) is 6.25. The highest BCUT2D eigenvalue weighted by molar-refractivity contribution is 5.92. The maximum atomic E-state index is 11.6. The molecule has 0 bridgehead atoms. The lowest BCUT2D eigenvalue weighted by atomic mass is 10.2. The topological polar surface area (TPSA) is 67.4 Å². The molecule has 0 spiro atoms. The first kappa shape index (κ1) is 14.0. The fourth-order valence-corrected chi connectivity index (χ4v) is 1.71. The first-order valence-corrected chi connectivity index (χ1v) is 6.25. The molecule has 0 aromatic carbocycles. The maximum Gasteiger partial charge on any atom is 0.223 e. The predicted octanol–water partition coefficient (Wildman–Crippen LogP) is 0.301. The van der Waals surface area contributed by atoms with E-state index in [1.165, 1.54) is 0 Å². The number of hydrogen-bond donors (Lipinski definition) is 2. The summed E-state index contributed by atoms with van der Waals surface area (Å²) >= 11 is 0. The standard InChI is InChI=1S/C12H22N2O3/c1-3-5-13-11(15)9-8-10(9)12(16)14-6-4-7-17-2/h9-10H,3-8H2,1-2H3,(H,13,15)(H,14,16). The van der Waals surface area contributed by atoms with Crippen molar-refractivity contribution in [3.05, 3.63) is 0 Å². The van der Waals surface area contributed by atoms with E-state index >= 15 is 0 Å². The number of carbonyl (C=O) groups is 2. The highest BCUT2D eigenvalue weighted by Crippen LogP contribution is 2.38. The number of rotatable bonds is 8. The quantitative estimate of drug-likeness (QED) is 0.602. The van der Waals surface area contributed by atoms with Crippen molar-refractivity contribution in [2.45, 2.75) is 26.2 Å².